The summed E-state index contributed by atoms with van der Waals surface area (Å²) >= 11 is 0. The first kappa shape index (κ1) is 11.2. The lowest BCUT2D eigenvalue weighted by molar-refractivity contribution is 0.474. The Morgan fingerprint density at radius 3 is 2.89 bits per heavy atom. The van der Waals surface area contributed by atoms with E-state index < -0.39 is 0 Å². The van der Waals surface area contributed by atoms with Gasteiger partial charge in [0.2, 0.25) is 0 Å². The number of aromatic hydroxyl groups is 1. The highest BCUT2D eigenvalue weighted by atomic mass is 16.3. The molecule has 3 rings (SSSR count). The molecule has 0 aliphatic heterocycles. The zero-order chi connectivity index (χ0) is 13.2. The summed E-state index contributed by atoms with van der Waals surface area (Å²) in [5, 5.41) is 26.5. The minimum absolute atomic E-state index is 0.226. The fraction of sp³-hybridized carbons (Fsp3) is 0.0714. The van der Waals surface area contributed by atoms with Crippen molar-refractivity contribution < 1.29 is 5.11 Å². The Morgan fingerprint density at radius 2 is 2.11 bits per heavy atom. The number of phenolic OH excluding ortho intramolecular Hbond substituents is 1. The van der Waals surface area contributed by atoms with Gasteiger partial charge in [0.25, 0.3) is 0 Å². The number of benzene rings is 1. The summed E-state index contributed by atoms with van der Waals surface area (Å²) in [5.41, 5.74) is 2.20. The minimum atomic E-state index is 0.226. The van der Waals surface area contributed by atoms with Gasteiger partial charge in [-0.05, 0) is 29.8 Å². The third kappa shape index (κ3) is 2.11. The molecule has 0 atom stereocenters. The van der Waals surface area contributed by atoms with Gasteiger partial charge in [-0.3, -0.25) is 4.40 Å². The van der Waals surface area contributed by atoms with Crippen LogP contribution >= 0.6 is 0 Å². The van der Waals surface area contributed by atoms with Gasteiger partial charge in [-0.15, -0.1) is 10.2 Å². The SMILES string of the molecule is N#Cc1ccc2nnc(Cc3cccc(O)c3)n2c1. The monoisotopic (exact) mass is 250 g/mol. The zero-order valence-electron chi connectivity index (χ0n) is 9.98. The Hall–Kier alpha value is -2.87. The van der Waals surface area contributed by atoms with E-state index >= 15 is 0 Å². The molecular formula is C14H10N4O. The molecule has 3 aromatic rings. The van der Waals surface area contributed by atoms with Crippen molar-refractivity contribution in [2.24, 2.45) is 0 Å². The summed E-state index contributed by atoms with van der Waals surface area (Å²) in [6.07, 6.45) is 2.26. The van der Waals surface area contributed by atoms with E-state index in [1.54, 1.807) is 40.9 Å². The molecule has 5 nitrogen and oxygen atoms in total. The largest absolute Gasteiger partial charge is 0.508 e. The lowest BCUT2D eigenvalue weighted by atomic mass is 10.1. The summed E-state index contributed by atoms with van der Waals surface area (Å²) in [4.78, 5) is 0. The van der Waals surface area contributed by atoms with Gasteiger partial charge in [0.05, 0.1) is 5.56 Å². The first-order chi connectivity index (χ1) is 9.26. The number of nitriles is 1. The molecule has 0 amide bonds. The van der Waals surface area contributed by atoms with E-state index in [1.807, 2.05) is 6.07 Å². The second-order valence-electron chi connectivity index (χ2n) is 4.22. The highest BCUT2D eigenvalue weighted by molar-refractivity contribution is 5.43. The maximum Gasteiger partial charge on any atom is 0.160 e. The van der Waals surface area contributed by atoms with Gasteiger partial charge >= 0.3 is 0 Å². The van der Waals surface area contributed by atoms with Gasteiger partial charge in [0.1, 0.15) is 17.6 Å². The molecule has 1 aromatic carbocycles. The van der Waals surface area contributed by atoms with E-state index in [9.17, 15) is 5.11 Å². The number of hydrogen-bond donors (Lipinski definition) is 1. The summed E-state index contributed by atoms with van der Waals surface area (Å²) in [6.45, 7) is 0. The van der Waals surface area contributed by atoms with E-state index in [0.29, 0.717) is 17.6 Å². The minimum Gasteiger partial charge on any atom is -0.508 e. The predicted molar refractivity (Wildman–Crippen MR) is 68.6 cm³/mol. The average Bonchev–Trinajstić information content (AvgIpc) is 2.81. The quantitative estimate of drug-likeness (QED) is 0.753. The van der Waals surface area contributed by atoms with E-state index in [0.717, 1.165) is 11.4 Å². The second-order valence-corrected chi connectivity index (χ2v) is 4.22. The molecule has 0 unspecified atom stereocenters. The van der Waals surface area contributed by atoms with Crippen molar-refractivity contribution in [1.29, 1.82) is 5.26 Å². The molecule has 2 heterocycles. The molecule has 0 fully saturated rings. The van der Waals surface area contributed by atoms with Crippen LogP contribution in [-0.4, -0.2) is 19.7 Å². The standard InChI is InChI=1S/C14H10N4O/c15-8-11-4-5-13-16-17-14(18(13)9-11)7-10-2-1-3-12(19)6-10/h1-6,9,19H,7H2. The van der Waals surface area contributed by atoms with Gasteiger partial charge in [-0.2, -0.15) is 5.26 Å². The van der Waals surface area contributed by atoms with E-state index in [4.69, 9.17) is 5.26 Å². The van der Waals surface area contributed by atoms with Crippen molar-refractivity contribution in [2.75, 3.05) is 0 Å². The van der Waals surface area contributed by atoms with Gasteiger partial charge in [0.15, 0.2) is 5.65 Å². The molecule has 0 radical (unpaired) electrons. The number of pyridine rings is 1. The third-order valence-corrected chi connectivity index (χ3v) is 2.87. The van der Waals surface area contributed by atoms with Crippen LogP contribution in [0.4, 0.5) is 0 Å². The second kappa shape index (κ2) is 4.42. The fourth-order valence-corrected chi connectivity index (χ4v) is 1.97. The van der Waals surface area contributed by atoms with Crippen LogP contribution in [0.3, 0.4) is 0 Å². The Labute approximate surface area is 109 Å². The Morgan fingerprint density at radius 1 is 1.21 bits per heavy atom. The van der Waals surface area contributed by atoms with Gasteiger partial charge in [0, 0.05) is 12.6 Å². The van der Waals surface area contributed by atoms with Gasteiger partial charge in [-0.1, -0.05) is 12.1 Å². The molecule has 5 heteroatoms. The van der Waals surface area contributed by atoms with Crippen molar-refractivity contribution in [3.8, 4) is 11.8 Å². The van der Waals surface area contributed by atoms with Crippen molar-refractivity contribution >= 4 is 5.65 Å². The smallest absolute Gasteiger partial charge is 0.160 e. The first-order valence-electron chi connectivity index (χ1n) is 5.78. The number of hydrogen-bond acceptors (Lipinski definition) is 4. The maximum absolute atomic E-state index is 9.45. The number of rotatable bonds is 2. The van der Waals surface area contributed by atoms with Crippen LogP contribution in [0.25, 0.3) is 5.65 Å². The molecule has 0 aliphatic rings. The summed E-state index contributed by atoms with van der Waals surface area (Å²) in [5.74, 6) is 0.960. The van der Waals surface area contributed by atoms with Crippen LogP contribution in [0.15, 0.2) is 42.6 Å². The number of phenols is 1. The van der Waals surface area contributed by atoms with Crippen LogP contribution < -0.4 is 0 Å². The van der Waals surface area contributed by atoms with Crippen molar-refractivity contribution in [3.63, 3.8) is 0 Å². The molecule has 92 valence electrons. The molecule has 0 saturated heterocycles. The zero-order valence-corrected chi connectivity index (χ0v) is 9.98. The average molecular weight is 250 g/mol. The van der Waals surface area contributed by atoms with Crippen molar-refractivity contribution in [3.05, 3.63) is 59.5 Å². The molecule has 0 saturated carbocycles. The lowest BCUT2D eigenvalue weighted by Crippen LogP contribution is -1.97. The number of aromatic nitrogens is 3. The number of fused-ring (bicyclic) bond motifs is 1. The van der Waals surface area contributed by atoms with E-state index in [2.05, 4.69) is 16.3 Å². The molecule has 0 spiro atoms. The molecule has 1 N–H and O–H groups in total. The maximum atomic E-state index is 9.45. The predicted octanol–water partition coefficient (Wildman–Crippen LogP) is 1.90. The Balaban J connectivity index is 2.03. The fourth-order valence-electron chi connectivity index (χ4n) is 1.97. The summed E-state index contributed by atoms with van der Waals surface area (Å²) in [6, 6.07) is 12.6. The van der Waals surface area contributed by atoms with Crippen LogP contribution in [0.5, 0.6) is 5.75 Å². The normalized spacial score (nSPS) is 10.5. The highest BCUT2D eigenvalue weighted by Gasteiger charge is 2.07. The van der Waals surface area contributed by atoms with Crippen LogP contribution in [0.1, 0.15) is 17.0 Å². The van der Waals surface area contributed by atoms with E-state index in [1.165, 1.54) is 0 Å². The van der Waals surface area contributed by atoms with Crippen molar-refractivity contribution in [1.82, 2.24) is 14.6 Å². The molecule has 2 aromatic heterocycles. The Bertz CT molecular complexity index is 785. The summed E-state index contributed by atoms with van der Waals surface area (Å²) < 4.78 is 1.79. The molecule has 0 bridgehead atoms. The van der Waals surface area contributed by atoms with Gasteiger partial charge < -0.3 is 5.11 Å². The van der Waals surface area contributed by atoms with Crippen LogP contribution in [0.2, 0.25) is 0 Å². The van der Waals surface area contributed by atoms with Crippen LogP contribution in [-0.2, 0) is 6.42 Å². The molecule has 19 heavy (non-hydrogen) atoms. The Kier molecular flexibility index (Phi) is 2.62. The van der Waals surface area contributed by atoms with Crippen LogP contribution in [0, 0.1) is 11.3 Å². The first-order valence-corrected chi connectivity index (χ1v) is 5.78. The van der Waals surface area contributed by atoms with Gasteiger partial charge in [-0.25, -0.2) is 0 Å². The molecular weight excluding hydrogens is 240 g/mol. The van der Waals surface area contributed by atoms with E-state index in [-0.39, 0.29) is 5.75 Å². The highest BCUT2D eigenvalue weighted by Crippen LogP contribution is 2.15. The topological polar surface area (TPSA) is 74.2 Å². The van der Waals surface area contributed by atoms with Crippen molar-refractivity contribution in [2.45, 2.75) is 6.42 Å². The lowest BCUT2D eigenvalue weighted by Gasteiger charge is -2.01. The third-order valence-electron chi connectivity index (χ3n) is 2.87. The molecule has 0 aliphatic carbocycles. The summed E-state index contributed by atoms with van der Waals surface area (Å²) in [7, 11) is 0. The number of nitrogens with zero attached hydrogens (tertiary/aromatic N) is 4.